The summed E-state index contributed by atoms with van der Waals surface area (Å²) in [5.74, 6) is -1.17. The molecule has 134 valence electrons. The molecule has 2 aromatic carbocycles. The number of carbonyl (C=O) groups is 1. The molecule has 0 aliphatic carbocycles. The van der Waals surface area contributed by atoms with Gasteiger partial charge in [0, 0.05) is 26.6 Å². The van der Waals surface area contributed by atoms with Gasteiger partial charge in [-0.15, -0.1) is 0 Å². The molecule has 7 heteroatoms. The number of hydrogen-bond acceptors (Lipinski definition) is 3. The molecular formula is C19H14BrClFNO3. The van der Waals surface area contributed by atoms with Crippen LogP contribution >= 0.6 is 27.5 Å². The van der Waals surface area contributed by atoms with Crippen molar-refractivity contribution in [2.24, 2.45) is 0 Å². The van der Waals surface area contributed by atoms with E-state index in [0.717, 1.165) is 0 Å². The van der Waals surface area contributed by atoms with E-state index in [1.165, 1.54) is 18.3 Å². The Morgan fingerprint density at radius 2 is 2.08 bits per heavy atom. The van der Waals surface area contributed by atoms with E-state index < -0.39 is 17.2 Å². The smallest absolute Gasteiger partial charge is 0.343 e. The largest absolute Gasteiger partial charge is 0.462 e. The van der Waals surface area contributed by atoms with Gasteiger partial charge < -0.3 is 9.30 Å². The van der Waals surface area contributed by atoms with Crippen molar-refractivity contribution in [2.45, 2.75) is 13.5 Å². The molecule has 0 saturated carbocycles. The van der Waals surface area contributed by atoms with Crippen LogP contribution in [-0.4, -0.2) is 17.1 Å². The number of carbonyl (C=O) groups excluding carboxylic acids is 1. The normalized spacial score (nSPS) is 10.9. The third kappa shape index (κ3) is 3.52. The average molecular weight is 439 g/mol. The predicted molar refractivity (Wildman–Crippen MR) is 102 cm³/mol. The van der Waals surface area contributed by atoms with Crippen molar-refractivity contribution < 1.29 is 13.9 Å². The Morgan fingerprint density at radius 3 is 2.77 bits per heavy atom. The summed E-state index contributed by atoms with van der Waals surface area (Å²) in [7, 11) is 0. The van der Waals surface area contributed by atoms with Gasteiger partial charge in [-0.3, -0.25) is 4.79 Å². The van der Waals surface area contributed by atoms with Gasteiger partial charge in [0.2, 0.25) is 5.43 Å². The zero-order valence-corrected chi connectivity index (χ0v) is 16.1. The Labute approximate surface area is 162 Å². The zero-order valence-electron chi connectivity index (χ0n) is 13.8. The fraction of sp³-hybridized carbons (Fsp3) is 0.158. The lowest BCUT2D eigenvalue weighted by Crippen LogP contribution is -2.21. The Kier molecular flexibility index (Phi) is 5.44. The molecule has 26 heavy (non-hydrogen) atoms. The number of rotatable bonds is 4. The van der Waals surface area contributed by atoms with E-state index >= 15 is 0 Å². The van der Waals surface area contributed by atoms with Crippen molar-refractivity contribution in [3.63, 3.8) is 0 Å². The molecule has 3 rings (SSSR count). The van der Waals surface area contributed by atoms with Crippen molar-refractivity contribution in [1.29, 1.82) is 0 Å². The van der Waals surface area contributed by atoms with Crippen LogP contribution < -0.4 is 5.43 Å². The average Bonchev–Trinajstić information content (AvgIpc) is 2.60. The Morgan fingerprint density at radius 1 is 1.31 bits per heavy atom. The van der Waals surface area contributed by atoms with Crippen LogP contribution in [0.3, 0.4) is 0 Å². The predicted octanol–water partition coefficient (Wildman–Crippen LogP) is 4.78. The lowest BCUT2D eigenvalue weighted by Gasteiger charge is -2.15. The van der Waals surface area contributed by atoms with Crippen molar-refractivity contribution >= 4 is 44.4 Å². The SMILES string of the molecule is CCOC(=O)c1cn(Cc2c(F)cccc2Cl)c2ccc(Br)cc2c1=O. The highest BCUT2D eigenvalue weighted by Crippen LogP contribution is 2.23. The van der Waals surface area contributed by atoms with Crippen molar-refractivity contribution in [2.75, 3.05) is 6.61 Å². The van der Waals surface area contributed by atoms with E-state index in [1.807, 2.05) is 0 Å². The molecule has 0 bridgehead atoms. The minimum Gasteiger partial charge on any atom is -0.462 e. The molecule has 0 radical (unpaired) electrons. The van der Waals surface area contributed by atoms with Crippen LogP contribution in [0.2, 0.25) is 5.02 Å². The van der Waals surface area contributed by atoms with Gasteiger partial charge in [-0.2, -0.15) is 0 Å². The maximum atomic E-state index is 14.2. The molecule has 0 fully saturated rings. The lowest BCUT2D eigenvalue weighted by atomic mass is 10.1. The lowest BCUT2D eigenvalue weighted by molar-refractivity contribution is 0.0524. The third-order valence-corrected chi connectivity index (χ3v) is 4.78. The van der Waals surface area contributed by atoms with Gasteiger partial charge in [-0.05, 0) is 37.3 Å². The molecule has 0 atom stereocenters. The minimum atomic E-state index is -0.715. The van der Waals surface area contributed by atoms with Gasteiger partial charge in [-0.1, -0.05) is 33.6 Å². The Bertz CT molecular complexity index is 1040. The maximum Gasteiger partial charge on any atom is 0.343 e. The van der Waals surface area contributed by atoms with Crippen molar-refractivity contribution in [3.05, 3.63) is 79.3 Å². The zero-order chi connectivity index (χ0) is 18.8. The van der Waals surface area contributed by atoms with Crippen molar-refractivity contribution in [1.82, 2.24) is 4.57 Å². The third-order valence-electron chi connectivity index (χ3n) is 3.93. The monoisotopic (exact) mass is 437 g/mol. The van der Waals surface area contributed by atoms with E-state index in [1.54, 1.807) is 35.8 Å². The van der Waals surface area contributed by atoms with E-state index in [0.29, 0.717) is 15.4 Å². The Balaban J connectivity index is 2.25. The van der Waals surface area contributed by atoms with Gasteiger partial charge in [-0.25, -0.2) is 9.18 Å². The van der Waals surface area contributed by atoms with Crippen LogP contribution in [0.1, 0.15) is 22.8 Å². The highest BCUT2D eigenvalue weighted by Gasteiger charge is 2.18. The molecular weight excluding hydrogens is 425 g/mol. The Hall–Kier alpha value is -2.18. The molecule has 0 aliphatic heterocycles. The summed E-state index contributed by atoms with van der Waals surface area (Å²) in [6.45, 7) is 1.87. The topological polar surface area (TPSA) is 48.3 Å². The van der Waals surface area contributed by atoms with Crippen LogP contribution in [-0.2, 0) is 11.3 Å². The first-order chi connectivity index (χ1) is 12.4. The van der Waals surface area contributed by atoms with Crippen LogP contribution in [0.4, 0.5) is 4.39 Å². The summed E-state index contributed by atoms with van der Waals surface area (Å²) in [6, 6.07) is 9.55. The van der Waals surface area contributed by atoms with E-state index in [2.05, 4.69) is 15.9 Å². The summed E-state index contributed by atoms with van der Waals surface area (Å²) in [6.07, 6.45) is 1.39. The van der Waals surface area contributed by atoms with Gasteiger partial charge in [0.1, 0.15) is 11.4 Å². The molecule has 0 spiro atoms. The van der Waals surface area contributed by atoms with Crippen molar-refractivity contribution in [3.8, 4) is 0 Å². The first-order valence-corrected chi connectivity index (χ1v) is 9.02. The highest BCUT2D eigenvalue weighted by atomic mass is 79.9. The van der Waals surface area contributed by atoms with Crippen LogP contribution in [0.5, 0.6) is 0 Å². The second-order valence-corrected chi connectivity index (χ2v) is 6.90. The van der Waals surface area contributed by atoms with Gasteiger partial charge in [0.05, 0.1) is 18.7 Å². The number of ether oxygens (including phenoxy) is 1. The molecule has 0 N–H and O–H groups in total. The summed E-state index contributed by atoms with van der Waals surface area (Å²) in [5.41, 5.74) is 0.294. The maximum absolute atomic E-state index is 14.2. The first-order valence-electron chi connectivity index (χ1n) is 7.85. The van der Waals surface area contributed by atoms with E-state index in [9.17, 15) is 14.0 Å². The number of benzene rings is 2. The molecule has 0 amide bonds. The summed E-state index contributed by atoms with van der Waals surface area (Å²) in [5, 5.41) is 0.601. The number of hydrogen-bond donors (Lipinski definition) is 0. The number of esters is 1. The van der Waals surface area contributed by atoms with Gasteiger partial charge in [0.25, 0.3) is 0 Å². The second-order valence-electron chi connectivity index (χ2n) is 5.58. The molecule has 0 unspecified atom stereocenters. The summed E-state index contributed by atoms with van der Waals surface area (Å²) >= 11 is 9.45. The number of fused-ring (bicyclic) bond motifs is 1. The molecule has 3 aromatic rings. The minimum absolute atomic E-state index is 0.0658. The standard InChI is InChI=1S/C19H14BrClFNO3/c1-2-26-19(25)14-10-23(9-13-15(21)4-3-5-16(13)22)17-7-6-11(20)8-12(17)18(14)24/h3-8,10H,2,9H2,1H3. The fourth-order valence-electron chi connectivity index (χ4n) is 2.71. The van der Waals surface area contributed by atoms with E-state index in [-0.39, 0.29) is 29.3 Å². The van der Waals surface area contributed by atoms with Gasteiger partial charge >= 0.3 is 5.97 Å². The fourth-order valence-corrected chi connectivity index (χ4v) is 3.29. The van der Waals surface area contributed by atoms with Gasteiger partial charge in [0.15, 0.2) is 0 Å². The second kappa shape index (κ2) is 7.60. The van der Waals surface area contributed by atoms with Crippen LogP contribution in [0.15, 0.2) is 51.9 Å². The quantitative estimate of drug-likeness (QED) is 0.551. The highest BCUT2D eigenvalue weighted by molar-refractivity contribution is 9.10. The van der Waals surface area contributed by atoms with E-state index in [4.69, 9.17) is 16.3 Å². The summed E-state index contributed by atoms with van der Waals surface area (Å²) in [4.78, 5) is 24.9. The molecule has 4 nitrogen and oxygen atoms in total. The number of aromatic nitrogens is 1. The molecule has 1 heterocycles. The van der Waals surface area contributed by atoms with Crippen LogP contribution in [0, 0.1) is 5.82 Å². The van der Waals surface area contributed by atoms with Crippen LogP contribution in [0.25, 0.3) is 10.9 Å². The number of nitrogens with zero attached hydrogens (tertiary/aromatic N) is 1. The molecule has 0 aliphatic rings. The summed E-state index contributed by atoms with van der Waals surface area (Å²) < 4.78 is 21.5. The number of pyridine rings is 1. The molecule has 1 aromatic heterocycles. The number of halogens is 3. The first kappa shape index (κ1) is 18.6. The molecule has 0 saturated heterocycles.